The molecule has 0 saturated carbocycles. The molecule has 0 aliphatic carbocycles. The Morgan fingerprint density at radius 2 is 1.56 bits per heavy atom. The Morgan fingerprint density at radius 3 is 2.19 bits per heavy atom. The van der Waals surface area contributed by atoms with E-state index in [4.69, 9.17) is 24.3 Å². The second-order valence-corrected chi connectivity index (χ2v) is 13.4. The lowest BCUT2D eigenvalue weighted by atomic mass is 9.83. The Bertz CT molecular complexity index is 1870. The normalized spacial score (nSPS) is 17.2. The topological polar surface area (TPSA) is 106 Å². The van der Waals surface area contributed by atoms with E-state index in [-0.39, 0.29) is 30.9 Å². The van der Waals surface area contributed by atoms with Crippen LogP contribution in [0.15, 0.2) is 102 Å². The minimum Gasteiger partial charge on any atom is -0.494 e. The fourth-order valence-electron chi connectivity index (χ4n) is 5.79. The highest BCUT2D eigenvalue weighted by molar-refractivity contribution is 6.01. The van der Waals surface area contributed by atoms with Crippen molar-refractivity contribution in [1.82, 2.24) is 5.32 Å². The zero-order valence-corrected chi connectivity index (χ0v) is 29.0. The van der Waals surface area contributed by atoms with Crippen molar-refractivity contribution in [3.8, 4) is 16.9 Å². The van der Waals surface area contributed by atoms with Gasteiger partial charge in [-0.1, -0.05) is 54.6 Å². The van der Waals surface area contributed by atoms with Crippen molar-refractivity contribution in [2.75, 3.05) is 13.2 Å². The van der Waals surface area contributed by atoms with Crippen LogP contribution in [0.1, 0.15) is 68.4 Å². The molecule has 2 N–H and O–H groups in total. The van der Waals surface area contributed by atoms with E-state index in [0.29, 0.717) is 36.0 Å². The summed E-state index contributed by atoms with van der Waals surface area (Å²) in [5.41, 5.74) is -1.03. The number of nitrogens with zero attached hydrogens (tertiary/aromatic N) is 1. The maximum absolute atomic E-state index is 14.4. The number of amides is 1. The Balaban J connectivity index is 1.55. The maximum Gasteiger partial charge on any atom is 0.416 e. The molecule has 0 radical (unpaired) electrons. The summed E-state index contributed by atoms with van der Waals surface area (Å²) in [6, 6.07) is 25.8. The number of halogens is 4. The van der Waals surface area contributed by atoms with Gasteiger partial charge in [-0.2, -0.15) is 13.2 Å². The molecule has 5 rings (SSSR count). The lowest BCUT2D eigenvalue weighted by Gasteiger charge is -2.31. The van der Waals surface area contributed by atoms with Crippen LogP contribution in [-0.2, 0) is 31.8 Å². The molecular weight excluding hydrogens is 680 g/mol. The van der Waals surface area contributed by atoms with Gasteiger partial charge in [-0.25, -0.2) is 9.38 Å². The van der Waals surface area contributed by atoms with E-state index < -0.39 is 53.2 Å². The van der Waals surface area contributed by atoms with Crippen molar-refractivity contribution in [3.63, 3.8) is 0 Å². The number of ether oxygens (including phenoxy) is 3. The summed E-state index contributed by atoms with van der Waals surface area (Å²) in [7, 11) is 0. The monoisotopic (exact) mass is 720 g/mol. The first-order chi connectivity index (χ1) is 24.7. The third kappa shape index (κ3) is 9.55. The van der Waals surface area contributed by atoms with Crippen LogP contribution in [0, 0.1) is 5.82 Å². The van der Waals surface area contributed by atoms with Crippen molar-refractivity contribution in [2.24, 2.45) is 4.99 Å². The number of nitrogens with one attached hydrogen (secondary N) is 1. The number of hydrogen-bond donors (Lipinski definition) is 2. The Labute approximate surface area is 299 Å². The average Bonchev–Trinajstić information content (AvgIpc) is 3.50. The van der Waals surface area contributed by atoms with Gasteiger partial charge in [-0.3, -0.25) is 9.59 Å². The van der Waals surface area contributed by atoms with Crippen molar-refractivity contribution in [3.05, 3.63) is 125 Å². The largest absolute Gasteiger partial charge is 0.494 e. The molecular formula is C40H40F4N2O6. The summed E-state index contributed by atoms with van der Waals surface area (Å²) in [6.45, 7) is 4.96. The van der Waals surface area contributed by atoms with Gasteiger partial charge in [-0.05, 0) is 91.9 Å². The third-order valence-corrected chi connectivity index (χ3v) is 8.22. The SMILES string of the molecule is CC(C)(C)OC(=O)CC[C@@]1(C(=O)NCc2cc(F)cc(C(F)(F)F)c2)N=C(c2ccc(OCCCO)cc2)O[C@@H]1c1ccc(-c2ccccc2)cc1. The predicted octanol–water partition coefficient (Wildman–Crippen LogP) is 7.97. The molecule has 4 aromatic rings. The number of aliphatic hydroxyl groups excluding tert-OH is 1. The van der Waals surface area contributed by atoms with Crippen LogP contribution < -0.4 is 10.1 Å². The van der Waals surface area contributed by atoms with Crippen molar-refractivity contribution in [1.29, 1.82) is 0 Å². The second kappa shape index (κ2) is 16.0. The van der Waals surface area contributed by atoms with Crippen LogP contribution in [0.4, 0.5) is 17.6 Å². The first-order valence-corrected chi connectivity index (χ1v) is 16.8. The van der Waals surface area contributed by atoms with Gasteiger partial charge in [0.05, 0.1) is 12.2 Å². The van der Waals surface area contributed by atoms with Gasteiger partial charge in [0.2, 0.25) is 5.90 Å². The lowest BCUT2D eigenvalue weighted by molar-refractivity contribution is -0.155. The molecule has 0 saturated heterocycles. The van der Waals surface area contributed by atoms with Gasteiger partial charge in [0.1, 0.15) is 17.2 Å². The summed E-state index contributed by atoms with van der Waals surface area (Å²) in [4.78, 5) is 32.3. The molecule has 2 atom stereocenters. The van der Waals surface area contributed by atoms with Crippen LogP contribution in [0.3, 0.4) is 0 Å². The number of benzene rings is 4. The van der Waals surface area contributed by atoms with Gasteiger partial charge in [0.25, 0.3) is 5.91 Å². The number of esters is 1. The van der Waals surface area contributed by atoms with Crippen LogP contribution in [0.2, 0.25) is 0 Å². The highest BCUT2D eigenvalue weighted by Crippen LogP contribution is 2.44. The molecule has 274 valence electrons. The molecule has 1 aliphatic heterocycles. The fourth-order valence-corrected chi connectivity index (χ4v) is 5.79. The van der Waals surface area contributed by atoms with E-state index in [9.17, 15) is 27.2 Å². The van der Waals surface area contributed by atoms with E-state index >= 15 is 0 Å². The van der Waals surface area contributed by atoms with Gasteiger partial charge in [-0.15, -0.1) is 0 Å². The third-order valence-electron chi connectivity index (χ3n) is 8.22. The number of alkyl halides is 3. The highest BCUT2D eigenvalue weighted by Gasteiger charge is 2.53. The zero-order chi connectivity index (χ0) is 37.5. The van der Waals surface area contributed by atoms with Crippen molar-refractivity contribution < 1.29 is 46.5 Å². The predicted molar refractivity (Wildman–Crippen MR) is 187 cm³/mol. The molecule has 0 unspecified atom stereocenters. The Hall–Kier alpha value is -5.23. The smallest absolute Gasteiger partial charge is 0.416 e. The molecule has 8 nitrogen and oxygen atoms in total. The molecule has 0 fully saturated rings. The Morgan fingerprint density at radius 1 is 0.904 bits per heavy atom. The second-order valence-electron chi connectivity index (χ2n) is 13.4. The Kier molecular flexibility index (Phi) is 11.7. The van der Waals surface area contributed by atoms with Gasteiger partial charge >= 0.3 is 12.1 Å². The molecule has 0 aromatic heterocycles. The van der Waals surface area contributed by atoms with E-state index in [0.717, 1.165) is 23.3 Å². The maximum atomic E-state index is 14.4. The summed E-state index contributed by atoms with van der Waals surface area (Å²) in [5, 5.41) is 11.7. The van der Waals surface area contributed by atoms with Crippen LogP contribution in [0.5, 0.6) is 5.75 Å². The van der Waals surface area contributed by atoms with E-state index in [1.165, 1.54) is 0 Å². The van der Waals surface area contributed by atoms with Crippen LogP contribution in [0.25, 0.3) is 11.1 Å². The molecule has 1 heterocycles. The summed E-state index contributed by atoms with van der Waals surface area (Å²) in [6.07, 6.45) is -5.88. The minimum atomic E-state index is -4.80. The first-order valence-electron chi connectivity index (χ1n) is 16.8. The molecule has 0 spiro atoms. The number of rotatable bonds is 13. The fraction of sp³-hybridized carbons (Fsp3) is 0.325. The van der Waals surface area contributed by atoms with Gasteiger partial charge in [0, 0.05) is 31.6 Å². The van der Waals surface area contributed by atoms with E-state index in [1.54, 1.807) is 57.2 Å². The van der Waals surface area contributed by atoms with E-state index in [1.807, 2.05) is 42.5 Å². The van der Waals surface area contributed by atoms with E-state index in [2.05, 4.69) is 5.32 Å². The summed E-state index contributed by atoms with van der Waals surface area (Å²) in [5.74, 6) is -1.83. The zero-order valence-electron chi connectivity index (χ0n) is 29.0. The van der Waals surface area contributed by atoms with Crippen molar-refractivity contribution in [2.45, 2.75) is 70.0 Å². The highest BCUT2D eigenvalue weighted by atomic mass is 19.4. The minimum absolute atomic E-state index is 0.0212. The standard InChI is InChI=1S/C40H40F4N2O6/c1-38(2,3)52-34(48)18-19-39(37(49)45-25-26-22-31(40(42,43)44)24-32(41)23-26)35(29-12-10-28(11-13-29)27-8-5-4-6-9-27)51-36(46-39)30-14-16-33(17-15-30)50-21-7-20-47/h4-6,8-17,22-24,35,47H,7,18-21,25H2,1-3H3,(H,45,49)/t35-,39-/m1/s1. The van der Waals surface area contributed by atoms with Gasteiger partial charge in [0.15, 0.2) is 11.6 Å². The number of carbonyl (C=O) groups is 2. The quantitative estimate of drug-likeness (QED) is 0.0825. The molecule has 0 bridgehead atoms. The number of carbonyl (C=O) groups excluding carboxylic acids is 2. The van der Waals surface area contributed by atoms with Crippen molar-refractivity contribution >= 4 is 17.8 Å². The molecule has 52 heavy (non-hydrogen) atoms. The summed E-state index contributed by atoms with van der Waals surface area (Å²) < 4.78 is 72.4. The summed E-state index contributed by atoms with van der Waals surface area (Å²) >= 11 is 0. The lowest BCUT2D eigenvalue weighted by Crippen LogP contribution is -2.48. The van der Waals surface area contributed by atoms with Crippen LogP contribution >= 0.6 is 0 Å². The first kappa shape index (κ1) is 38.0. The number of aliphatic hydroxyl groups is 1. The number of aliphatic imine (C=N–C) groups is 1. The van der Waals surface area contributed by atoms with Crippen LogP contribution in [-0.4, -0.2) is 47.2 Å². The average molecular weight is 721 g/mol. The number of hydrogen-bond acceptors (Lipinski definition) is 7. The molecule has 1 amide bonds. The molecule has 1 aliphatic rings. The molecule has 12 heteroatoms. The molecule has 4 aromatic carbocycles. The van der Waals surface area contributed by atoms with Gasteiger partial charge < -0.3 is 24.6 Å².